The zero-order valence-corrected chi connectivity index (χ0v) is 12.4. The van der Waals surface area contributed by atoms with E-state index in [9.17, 15) is 4.79 Å². The molecule has 0 saturated heterocycles. The van der Waals surface area contributed by atoms with Crippen molar-refractivity contribution in [2.75, 3.05) is 5.32 Å². The molecular weight excluding hydrogens is 278 g/mol. The monoisotopic (exact) mass is 297 g/mol. The fourth-order valence-electron chi connectivity index (χ4n) is 5.49. The number of amides is 1. The Hall–Kier alpha value is -1.98. The first kappa shape index (κ1) is 12.6. The molecule has 2 aromatic heterocycles. The van der Waals surface area contributed by atoms with Crippen LogP contribution in [-0.4, -0.2) is 25.8 Å². The van der Waals surface area contributed by atoms with E-state index in [0.717, 1.165) is 37.0 Å². The van der Waals surface area contributed by atoms with E-state index in [1.54, 1.807) is 6.33 Å². The van der Waals surface area contributed by atoms with E-state index in [1.807, 2.05) is 0 Å². The van der Waals surface area contributed by atoms with E-state index in [2.05, 4.69) is 25.3 Å². The van der Waals surface area contributed by atoms with Crippen molar-refractivity contribution < 1.29 is 4.79 Å². The van der Waals surface area contributed by atoms with Gasteiger partial charge in [-0.3, -0.25) is 4.79 Å². The van der Waals surface area contributed by atoms with Crippen molar-refractivity contribution >= 4 is 22.9 Å². The summed E-state index contributed by atoms with van der Waals surface area (Å²) in [6.45, 7) is 0. The summed E-state index contributed by atoms with van der Waals surface area (Å²) in [4.78, 5) is 28.5. The van der Waals surface area contributed by atoms with Crippen LogP contribution in [0.3, 0.4) is 0 Å². The van der Waals surface area contributed by atoms with Crippen molar-refractivity contribution in [1.82, 2.24) is 19.9 Å². The van der Waals surface area contributed by atoms with Crippen LogP contribution in [0.4, 0.5) is 5.82 Å². The van der Waals surface area contributed by atoms with Crippen LogP contribution in [0, 0.1) is 23.2 Å². The Bertz CT molecular complexity index is 717. The highest BCUT2D eigenvalue weighted by Gasteiger charge is 2.54. The Balaban J connectivity index is 1.46. The zero-order valence-electron chi connectivity index (χ0n) is 12.4. The van der Waals surface area contributed by atoms with Crippen LogP contribution in [0.25, 0.3) is 11.2 Å². The number of rotatable bonds is 2. The minimum atomic E-state index is -0.161. The first-order chi connectivity index (χ1) is 10.7. The first-order valence-electron chi connectivity index (χ1n) is 8.17. The van der Waals surface area contributed by atoms with Gasteiger partial charge in [-0.15, -0.1) is 0 Å². The summed E-state index contributed by atoms with van der Waals surface area (Å²) in [6.07, 6.45) is 10.2. The van der Waals surface area contributed by atoms with E-state index in [1.165, 1.54) is 25.6 Å². The SMILES string of the molecule is O=C(Nc1ncnc2nc[nH]c12)C12CC3CC(CC(C3)C1)C2. The van der Waals surface area contributed by atoms with Gasteiger partial charge in [-0.25, -0.2) is 15.0 Å². The third-order valence-electron chi connectivity index (χ3n) is 5.97. The molecule has 0 aliphatic heterocycles. The number of fused-ring (bicyclic) bond motifs is 1. The summed E-state index contributed by atoms with van der Waals surface area (Å²) in [6, 6.07) is 0. The minimum Gasteiger partial charge on any atom is -0.340 e. The van der Waals surface area contributed by atoms with Crippen molar-refractivity contribution in [2.24, 2.45) is 23.2 Å². The molecule has 0 aromatic carbocycles. The molecule has 4 saturated carbocycles. The summed E-state index contributed by atoms with van der Waals surface area (Å²) >= 11 is 0. The molecule has 22 heavy (non-hydrogen) atoms. The third kappa shape index (κ3) is 1.72. The summed E-state index contributed by atoms with van der Waals surface area (Å²) < 4.78 is 0. The quantitative estimate of drug-likeness (QED) is 0.892. The molecule has 2 N–H and O–H groups in total. The Morgan fingerprint density at radius 3 is 2.45 bits per heavy atom. The Morgan fingerprint density at radius 2 is 1.77 bits per heavy atom. The standard InChI is InChI=1S/C16H19N5O/c22-15(21-14-12-13(18-7-17-12)19-8-20-14)16-4-9-1-10(5-16)3-11(2-9)6-16/h7-11H,1-6H2,(H2,17,18,19,20,21,22). The molecule has 1 amide bonds. The zero-order chi connectivity index (χ0) is 14.7. The van der Waals surface area contributed by atoms with Gasteiger partial charge in [0.15, 0.2) is 11.5 Å². The van der Waals surface area contributed by atoms with Gasteiger partial charge in [0, 0.05) is 0 Å². The number of hydrogen-bond acceptors (Lipinski definition) is 4. The molecule has 4 bridgehead atoms. The molecule has 4 aliphatic carbocycles. The van der Waals surface area contributed by atoms with Crippen LogP contribution in [0.15, 0.2) is 12.7 Å². The first-order valence-corrected chi connectivity index (χ1v) is 8.17. The number of nitrogens with one attached hydrogen (secondary N) is 2. The highest BCUT2D eigenvalue weighted by atomic mass is 16.2. The predicted molar refractivity (Wildman–Crippen MR) is 80.9 cm³/mol. The lowest BCUT2D eigenvalue weighted by Crippen LogP contribution is -2.51. The van der Waals surface area contributed by atoms with Crippen LogP contribution in [0.1, 0.15) is 38.5 Å². The summed E-state index contributed by atoms with van der Waals surface area (Å²) in [5.41, 5.74) is 1.14. The Labute approximate surface area is 128 Å². The van der Waals surface area contributed by atoms with E-state index >= 15 is 0 Å². The number of aromatic nitrogens is 4. The van der Waals surface area contributed by atoms with E-state index < -0.39 is 0 Å². The molecule has 0 radical (unpaired) electrons. The second-order valence-electron chi connectivity index (χ2n) is 7.48. The van der Waals surface area contributed by atoms with Crippen LogP contribution in [0.5, 0.6) is 0 Å². The van der Waals surface area contributed by atoms with E-state index in [0.29, 0.717) is 17.0 Å². The molecule has 0 atom stereocenters. The van der Waals surface area contributed by atoms with Gasteiger partial charge in [-0.05, 0) is 56.3 Å². The van der Waals surface area contributed by atoms with E-state index in [-0.39, 0.29) is 11.3 Å². The molecule has 6 nitrogen and oxygen atoms in total. The molecular formula is C16H19N5O. The average Bonchev–Trinajstić information content (AvgIpc) is 2.95. The molecule has 114 valence electrons. The number of carbonyl (C=O) groups is 1. The fraction of sp³-hybridized carbons (Fsp3) is 0.625. The van der Waals surface area contributed by atoms with Gasteiger partial charge in [0.2, 0.25) is 5.91 Å². The number of carbonyl (C=O) groups excluding carboxylic acids is 1. The molecule has 2 aromatic rings. The Kier molecular flexibility index (Phi) is 2.44. The van der Waals surface area contributed by atoms with Crippen molar-refractivity contribution in [3.05, 3.63) is 12.7 Å². The van der Waals surface area contributed by atoms with Crippen LogP contribution >= 0.6 is 0 Å². The number of aromatic amines is 1. The number of H-pyrrole nitrogens is 1. The van der Waals surface area contributed by atoms with Crippen molar-refractivity contribution in [3.63, 3.8) is 0 Å². The lowest BCUT2D eigenvalue weighted by Gasteiger charge is -2.55. The highest BCUT2D eigenvalue weighted by Crippen LogP contribution is 2.60. The summed E-state index contributed by atoms with van der Waals surface area (Å²) in [5, 5.41) is 3.07. The van der Waals surface area contributed by atoms with Gasteiger partial charge in [-0.2, -0.15) is 0 Å². The van der Waals surface area contributed by atoms with Crippen LogP contribution < -0.4 is 5.32 Å². The maximum Gasteiger partial charge on any atom is 0.231 e. The van der Waals surface area contributed by atoms with Gasteiger partial charge >= 0.3 is 0 Å². The molecule has 4 fully saturated rings. The molecule has 0 unspecified atom stereocenters. The number of hydrogen-bond donors (Lipinski definition) is 2. The van der Waals surface area contributed by atoms with Crippen LogP contribution in [0.2, 0.25) is 0 Å². The summed E-state index contributed by atoms with van der Waals surface area (Å²) in [7, 11) is 0. The summed E-state index contributed by atoms with van der Waals surface area (Å²) in [5.74, 6) is 2.99. The lowest BCUT2D eigenvalue weighted by molar-refractivity contribution is -0.140. The molecule has 0 spiro atoms. The highest BCUT2D eigenvalue weighted by molar-refractivity contribution is 5.99. The minimum absolute atomic E-state index is 0.154. The normalized spacial score (nSPS) is 35.9. The van der Waals surface area contributed by atoms with Gasteiger partial charge in [0.25, 0.3) is 0 Å². The van der Waals surface area contributed by atoms with E-state index in [4.69, 9.17) is 0 Å². The van der Waals surface area contributed by atoms with Crippen LogP contribution in [-0.2, 0) is 4.79 Å². The van der Waals surface area contributed by atoms with Crippen molar-refractivity contribution in [2.45, 2.75) is 38.5 Å². The van der Waals surface area contributed by atoms with Gasteiger partial charge in [-0.1, -0.05) is 0 Å². The third-order valence-corrected chi connectivity index (χ3v) is 5.97. The fourth-order valence-corrected chi connectivity index (χ4v) is 5.49. The van der Waals surface area contributed by atoms with Gasteiger partial charge in [0.05, 0.1) is 11.7 Å². The number of nitrogens with zero attached hydrogens (tertiary/aromatic N) is 3. The molecule has 6 rings (SSSR count). The number of imidazole rings is 1. The van der Waals surface area contributed by atoms with Gasteiger partial charge in [0.1, 0.15) is 11.8 Å². The lowest BCUT2D eigenvalue weighted by atomic mass is 9.49. The Morgan fingerprint density at radius 1 is 1.09 bits per heavy atom. The maximum atomic E-state index is 13.0. The molecule has 2 heterocycles. The molecule has 6 heteroatoms. The topological polar surface area (TPSA) is 83.6 Å². The average molecular weight is 297 g/mol. The largest absolute Gasteiger partial charge is 0.340 e. The second kappa shape index (κ2) is 4.27. The van der Waals surface area contributed by atoms with Crippen molar-refractivity contribution in [1.29, 1.82) is 0 Å². The second-order valence-corrected chi connectivity index (χ2v) is 7.48. The molecule has 4 aliphatic rings. The maximum absolute atomic E-state index is 13.0. The van der Waals surface area contributed by atoms with Crippen molar-refractivity contribution in [3.8, 4) is 0 Å². The smallest absolute Gasteiger partial charge is 0.231 e. The predicted octanol–water partition coefficient (Wildman–Crippen LogP) is 2.51. The van der Waals surface area contributed by atoms with Gasteiger partial charge < -0.3 is 10.3 Å². The number of anilines is 1.